The number of hydrogen-bond acceptors (Lipinski definition) is 3. The molecule has 2 aromatic rings. The van der Waals surface area contributed by atoms with E-state index in [0.717, 1.165) is 5.56 Å². The lowest BCUT2D eigenvalue weighted by Gasteiger charge is -2.07. The van der Waals surface area contributed by atoms with E-state index < -0.39 is 18.4 Å². The van der Waals surface area contributed by atoms with Crippen molar-refractivity contribution < 1.29 is 19.0 Å². The van der Waals surface area contributed by atoms with E-state index in [2.05, 4.69) is 6.07 Å². The van der Waals surface area contributed by atoms with Crippen molar-refractivity contribution in [1.82, 2.24) is 0 Å². The van der Waals surface area contributed by atoms with Crippen molar-refractivity contribution in [3.8, 4) is 11.8 Å². The first-order valence-electron chi connectivity index (χ1n) is 6.51. The molecule has 0 aliphatic rings. The number of carbonyl (C=O) groups is 1. The molecule has 0 amide bonds. The van der Waals surface area contributed by atoms with Crippen LogP contribution in [0.1, 0.15) is 11.1 Å². The quantitative estimate of drug-likeness (QED) is 0.449. The van der Waals surface area contributed by atoms with Gasteiger partial charge in [-0.25, -0.2) is 9.18 Å². The highest BCUT2D eigenvalue weighted by Crippen LogP contribution is 2.25. The van der Waals surface area contributed by atoms with Crippen LogP contribution in [-0.4, -0.2) is 17.7 Å². The Balaban J connectivity index is 2.29. The van der Waals surface area contributed by atoms with E-state index in [9.17, 15) is 14.4 Å². The Hall–Kier alpha value is -2.40. The SMILES string of the molecule is N#C/C(=C/c1ccc(OCC(=O)O)c(I)c1)c1cccc(F)c1. The Morgan fingerprint density at radius 2 is 2.13 bits per heavy atom. The maximum atomic E-state index is 13.3. The van der Waals surface area contributed by atoms with Gasteiger partial charge in [0.2, 0.25) is 0 Å². The van der Waals surface area contributed by atoms with Crippen LogP contribution in [0.4, 0.5) is 4.39 Å². The molecular formula is C17H11FINO3. The zero-order valence-electron chi connectivity index (χ0n) is 11.8. The summed E-state index contributed by atoms with van der Waals surface area (Å²) in [6.07, 6.45) is 1.64. The number of benzene rings is 2. The molecular weight excluding hydrogens is 412 g/mol. The second-order valence-electron chi connectivity index (χ2n) is 4.55. The molecule has 0 unspecified atom stereocenters. The van der Waals surface area contributed by atoms with Gasteiger partial charge in [0.15, 0.2) is 6.61 Å². The molecule has 0 radical (unpaired) electrons. The molecule has 23 heavy (non-hydrogen) atoms. The van der Waals surface area contributed by atoms with Gasteiger partial charge in [0, 0.05) is 0 Å². The minimum atomic E-state index is -1.05. The third-order valence-corrected chi connectivity index (χ3v) is 3.72. The van der Waals surface area contributed by atoms with Gasteiger partial charge in [-0.2, -0.15) is 5.26 Å². The van der Waals surface area contributed by atoms with Crippen LogP contribution in [0.2, 0.25) is 0 Å². The summed E-state index contributed by atoms with van der Waals surface area (Å²) >= 11 is 2.02. The van der Waals surface area contributed by atoms with Crippen molar-refractivity contribution in [2.75, 3.05) is 6.61 Å². The Morgan fingerprint density at radius 3 is 2.74 bits per heavy atom. The van der Waals surface area contributed by atoms with E-state index in [1.165, 1.54) is 12.1 Å². The molecule has 0 aromatic heterocycles. The summed E-state index contributed by atoms with van der Waals surface area (Å²) in [6.45, 7) is -0.419. The molecule has 2 rings (SSSR count). The second-order valence-corrected chi connectivity index (χ2v) is 5.71. The third kappa shape index (κ3) is 4.79. The van der Waals surface area contributed by atoms with Crippen molar-refractivity contribution >= 4 is 40.2 Å². The monoisotopic (exact) mass is 423 g/mol. The van der Waals surface area contributed by atoms with E-state index in [4.69, 9.17) is 9.84 Å². The van der Waals surface area contributed by atoms with Crippen LogP contribution in [-0.2, 0) is 4.79 Å². The zero-order valence-corrected chi connectivity index (χ0v) is 14.0. The predicted octanol–water partition coefficient (Wildman–Crippen LogP) is 3.96. The molecule has 1 N–H and O–H groups in total. The number of nitrogens with zero attached hydrogens (tertiary/aromatic N) is 1. The number of ether oxygens (including phenoxy) is 1. The van der Waals surface area contributed by atoms with Crippen LogP contribution in [0.5, 0.6) is 5.75 Å². The smallest absolute Gasteiger partial charge is 0.341 e. The fourth-order valence-electron chi connectivity index (χ4n) is 1.87. The molecule has 6 heteroatoms. The maximum absolute atomic E-state index is 13.3. The van der Waals surface area contributed by atoms with Gasteiger partial charge in [-0.3, -0.25) is 0 Å². The summed E-state index contributed by atoms with van der Waals surface area (Å²) in [5, 5.41) is 17.9. The van der Waals surface area contributed by atoms with Crippen LogP contribution in [0.15, 0.2) is 42.5 Å². The fraction of sp³-hybridized carbons (Fsp3) is 0.0588. The summed E-state index contributed by atoms with van der Waals surface area (Å²) in [6, 6.07) is 13.0. The molecule has 2 aromatic carbocycles. The lowest BCUT2D eigenvalue weighted by molar-refractivity contribution is -0.139. The van der Waals surface area contributed by atoms with Crippen molar-refractivity contribution in [3.05, 3.63) is 63.0 Å². The summed E-state index contributed by atoms with van der Waals surface area (Å²) in [5.41, 5.74) is 1.56. The molecule has 0 saturated heterocycles. The largest absolute Gasteiger partial charge is 0.481 e. The Bertz CT molecular complexity index is 812. The molecule has 0 aliphatic heterocycles. The zero-order chi connectivity index (χ0) is 16.8. The number of nitriles is 1. The van der Waals surface area contributed by atoms with Crippen LogP contribution in [0.25, 0.3) is 11.6 Å². The lowest BCUT2D eigenvalue weighted by Crippen LogP contribution is -2.10. The molecule has 0 atom stereocenters. The van der Waals surface area contributed by atoms with Crippen molar-refractivity contribution in [2.24, 2.45) is 0 Å². The fourth-order valence-corrected chi connectivity index (χ4v) is 2.56. The highest BCUT2D eigenvalue weighted by molar-refractivity contribution is 14.1. The first kappa shape index (κ1) is 17.0. The van der Waals surface area contributed by atoms with Crippen LogP contribution < -0.4 is 4.74 Å². The number of rotatable bonds is 5. The Morgan fingerprint density at radius 1 is 1.35 bits per heavy atom. The molecule has 0 aliphatic carbocycles. The molecule has 116 valence electrons. The third-order valence-electron chi connectivity index (χ3n) is 2.87. The van der Waals surface area contributed by atoms with Crippen molar-refractivity contribution in [1.29, 1.82) is 5.26 Å². The summed E-state index contributed by atoms with van der Waals surface area (Å²) in [4.78, 5) is 10.5. The van der Waals surface area contributed by atoms with Gasteiger partial charge >= 0.3 is 5.97 Å². The molecule has 4 nitrogen and oxygen atoms in total. The molecule has 0 saturated carbocycles. The summed E-state index contributed by atoms with van der Waals surface area (Å²) in [7, 11) is 0. The van der Waals surface area contributed by atoms with E-state index in [0.29, 0.717) is 20.5 Å². The van der Waals surface area contributed by atoms with Crippen LogP contribution in [0, 0.1) is 20.7 Å². The van der Waals surface area contributed by atoms with Gasteiger partial charge in [-0.1, -0.05) is 18.2 Å². The normalized spacial score (nSPS) is 10.9. The Labute approximate surface area is 146 Å². The van der Waals surface area contributed by atoms with Gasteiger partial charge in [0.1, 0.15) is 11.6 Å². The minimum Gasteiger partial charge on any atom is -0.481 e. The van der Waals surface area contributed by atoms with Crippen molar-refractivity contribution in [3.63, 3.8) is 0 Å². The number of carboxylic acids is 1. The Kier molecular flexibility index (Phi) is 5.71. The average Bonchev–Trinajstić information content (AvgIpc) is 2.51. The molecule has 0 fully saturated rings. The summed E-state index contributed by atoms with van der Waals surface area (Å²) < 4.78 is 19.1. The standard InChI is InChI=1S/C17H11FINO3/c18-14-3-1-2-12(8-14)13(9-20)6-11-4-5-16(15(19)7-11)23-10-17(21)22/h1-8H,10H2,(H,21,22)/b13-6-. The molecule has 0 bridgehead atoms. The average molecular weight is 423 g/mol. The van der Waals surface area contributed by atoms with E-state index >= 15 is 0 Å². The topological polar surface area (TPSA) is 70.3 Å². The highest BCUT2D eigenvalue weighted by atomic mass is 127. The number of allylic oxidation sites excluding steroid dienone is 1. The van der Waals surface area contributed by atoms with E-state index in [-0.39, 0.29) is 0 Å². The minimum absolute atomic E-state index is 0.333. The number of halogens is 2. The number of hydrogen-bond donors (Lipinski definition) is 1. The van der Waals surface area contributed by atoms with Gasteiger partial charge in [-0.15, -0.1) is 0 Å². The van der Waals surface area contributed by atoms with Gasteiger partial charge in [0.05, 0.1) is 15.2 Å². The van der Waals surface area contributed by atoms with E-state index in [1.54, 1.807) is 36.4 Å². The second kappa shape index (κ2) is 7.74. The first-order chi connectivity index (χ1) is 11.0. The first-order valence-corrected chi connectivity index (χ1v) is 7.59. The van der Waals surface area contributed by atoms with Gasteiger partial charge < -0.3 is 9.84 Å². The van der Waals surface area contributed by atoms with Crippen molar-refractivity contribution in [2.45, 2.75) is 0 Å². The summed E-state index contributed by atoms with van der Waals surface area (Å²) in [5.74, 6) is -1.01. The van der Waals surface area contributed by atoms with Crippen LogP contribution >= 0.6 is 22.6 Å². The highest BCUT2D eigenvalue weighted by Gasteiger charge is 2.06. The number of aliphatic carboxylic acids is 1. The predicted molar refractivity (Wildman–Crippen MR) is 92.2 cm³/mol. The molecule has 0 heterocycles. The van der Waals surface area contributed by atoms with E-state index in [1.807, 2.05) is 22.6 Å². The maximum Gasteiger partial charge on any atom is 0.341 e. The van der Waals surface area contributed by atoms with Gasteiger partial charge in [-0.05, 0) is 64.1 Å². The van der Waals surface area contributed by atoms with Crippen LogP contribution in [0.3, 0.4) is 0 Å². The lowest BCUT2D eigenvalue weighted by atomic mass is 10.0. The van der Waals surface area contributed by atoms with Gasteiger partial charge in [0.25, 0.3) is 0 Å². The number of carboxylic acid groups (broad SMARTS) is 1. The molecule has 0 spiro atoms.